The number of hydrogen-bond donors (Lipinski definition) is 0. The van der Waals surface area contributed by atoms with E-state index >= 15 is 0 Å². The molecule has 0 aromatic heterocycles. The first-order chi connectivity index (χ1) is 9.54. The van der Waals surface area contributed by atoms with E-state index in [2.05, 4.69) is 51.1 Å². The van der Waals surface area contributed by atoms with Crippen molar-refractivity contribution in [3.05, 3.63) is 11.1 Å². The molecule has 2 aliphatic heterocycles. The van der Waals surface area contributed by atoms with Crippen LogP contribution in [0.2, 0.25) is 0 Å². The zero-order valence-electron chi connectivity index (χ0n) is 12.9. The molecule has 5 heteroatoms. The van der Waals surface area contributed by atoms with E-state index in [1.807, 2.05) is 0 Å². The first-order valence-electron chi connectivity index (χ1n) is 7.68. The Bertz CT molecular complexity index is 316. The van der Waals surface area contributed by atoms with E-state index in [9.17, 15) is 0 Å². The van der Waals surface area contributed by atoms with Gasteiger partial charge in [0.25, 0.3) is 0 Å². The Balaban J connectivity index is 1.71. The number of piperazine rings is 1. The molecule has 116 valence electrons. The first-order valence-corrected chi connectivity index (χ1v) is 8.47. The third-order valence-electron chi connectivity index (χ3n) is 4.22. The highest BCUT2D eigenvalue weighted by molar-refractivity contribution is 9.11. The van der Waals surface area contributed by atoms with Crippen LogP contribution < -0.4 is 0 Å². The SMILES string of the molecule is C=C(Br)CN1CCN(C[C@H]2CN(C(C)C)CCO2)CC1. The minimum absolute atomic E-state index is 0.379. The summed E-state index contributed by atoms with van der Waals surface area (Å²) in [5.74, 6) is 0. The van der Waals surface area contributed by atoms with E-state index in [1.165, 1.54) is 0 Å². The predicted molar refractivity (Wildman–Crippen MR) is 87.4 cm³/mol. The number of ether oxygens (including phenoxy) is 1. The summed E-state index contributed by atoms with van der Waals surface area (Å²) >= 11 is 3.45. The molecular weight excluding hydrogens is 318 g/mol. The summed E-state index contributed by atoms with van der Waals surface area (Å²) in [5.41, 5.74) is 0. The average molecular weight is 346 g/mol. The van der Waals surface area contributed by atoms with Gasteiger partial charge in [0.1, 0.15) is 0 Å². The summed E-state index contributed by atoms with van der Waals surface area (Å²) in [6.07, 6.45) is 0.379. The van der Waals surface area contributed by atoms with E-state index in [-0.39, 0.29) is 0 Å². The van der Waals surface area contributed by atoms with Gasteiger partial charge in [-0.1, -0.05) is 22.5 Å². The Morgan fingerprint density at radius 1 is 1.20 bits per heavy atom. The Labute approximate surface area is 131 Å². The van der Waals surface area contributed by atoms with Crippen LogP contribution in [0.25, 0.3) is 0 Å². The molecule has 2 saturated heterocycles. The van der Waals surface area contributed by atoms with Gasteiger partial charge >= 0.3 is 0 Å². The number of halogens is 1. The molecule has 0 amide bonds. The maximum atomic E-state index is 5.93. The number of morpholine rings is 1. The molecule has 20 heavy (non-hydrogen) atoms. The van der Waals surface area contributed by atoms with Gasteiger partial charge < -0.3 is 4.74 Å². The molecule has 0 saturated carbocycles. The smallest absolute Gasteiger partial charge is 0.0829 e. The van der Waals surface area contributed by atoms with Gasteiger partial charge in [-0.05, 0) is 13.8 Å². The van der Waals surface area contributed by atoms with Gasteiger partial charge in [0.05, 0.1) is 12.7 Å². The normalized spacial score (nSPS) is 27.1. The molecule has 0 radical (unpaired) electrons. The van der Waals surface area contributed by atoms with Crippen molar-refractivity contribution in [3.63, 3.8) is 0 Å². The second-order valence-electron chi connectivity index (χ2n) is 6.18. The van der Waals surface area contributed by atoms with E-state index in [0.717, 1.165) is 63.4 Å². The lowest BCUT2D eigenvalue weighted by Crippen LogP contribution is -2.53. The van der Waals surface area contributed by atoms with Crippen molar-refractivity contribution in [1.29, 1.82) is 0 Å². The van der Waals surface area contributed by atoms with Crippen LogP contribution in [0.4, 0.5) is 0 Å². The van der Waals surface area contributed by atoms with E-state index < -0.39 is 0 Å². The van der Waals surface area contributed by atoms with Crippen molar-refractivity contribution in [1.82, 2.24) is 14.7 Å². The van der Waals surface area contributed by atoms with Gasteiger partial charge in [-0.15, -0.1) is 0 Å². The molecule has 0 aliphatic carbocycles. The minimum Gasteiger partial charge on any atom is -0.374 e. The molecule has 0 aromatic carbocycles. The zero-order valence-corrected chi connectivity index (χ0v) is 14.4. The van der Waals surface area contributed by atoms with Gasteiger partial charge in [0.15, 0.2) is 0 Å². The van der Waals surface area contributed by atoms with Crippen LogP contribution in [-0.2, 0) is 4.74 Å². The van der Waals surface area contributed by atoms with Crippen molar-refractivity contribution >= 4 is 15.9 Å². The van der Waals surface area contributed by atoms with Gasteiger partial charge in [0.2, 0.25) is 0 Å². The summed E-state index contributed by atoms with van der Waals surface area (Å²) in [4.78, 5) is 7.52. The Hall–Kier alpha value is 0.0600. The Kier molecular flexibility index (Phi) is 6.49. The molecule has 1 atom stereocenters. The van der Waals surface area contributed by atoms with Crippen LogP contribution in [0, 0.1) is 0 Å². The fraction of sp³-hybridized carbons (Fsp3) is 0.867. The largest absolute Gasteiger partial charge is 0.374 e. The van der Waals surface area contributed by atoms with Crippen LogP contribution in [-0.4, -0.2) is 85.8 Å². The van der Waals surface area contributed by atoms with Gasteiger partial charge in [-0.2, -0.15) is 0 Å². The quantitative estimate of drug-likeness (QED) is 0.753. The molecule has 0 aromatic rings. The average Bonchev–Trinajstić information content (AvgIpc) is 2.41. The topological polar surface area (TPSA) is 19.0 Å². The number of hydrogen-bond acceptors (Lipinski definition) is 4. The second kappa shape index (κ2) is 7.90. The molecule has 2 fully saturated rings. The van der Waals surface area contributed by atoms with Gasteiger partial charge in [-0.3, -0.25) is 14.7 Å². The van der Waals surface area contributed by atoms with Crippen molar-refractivity contribution in [2.24, 2.45) is 0 Å². The predicted octanol–water partition coefficient (Wildman–Crippen LogP) is 1.62. The molecular formula is C15H28BrN3O. The number of rotatable bonds is 5. The highest BCUT2D eigenvalue weighted by Gasteiger charge is 2.25. The monoisotopic (exact) mass is 345 g/mol. The van der Waals surface area contributed by atoms with Crippen LogP contribution >= 0.6 is 15.9 Å². The minimum atomic E-state index is 0.379. The fourth-order valence-electron chi connectivity index (χ4n) is 2.98. The Morgan fingerprint density at radius 3 is 2.45 bits per heavy atom. The molecule has 0 N–H and O–H groups in total. The zero-order chi connectivity index (χ0) is 14.5. The van der Waals surface area contributed by atoms with Crippen molar-refractivity contribution in [3.8, 4) is 0 Å². The van der Waals surface area contributed by atoms with E-state index in [1.54, 1.807) is 0 Å². The lowest BCUT2D eigenvalue weighted by Gasteiger charge is -2.40. The van der Waals surface area contributed by atoms with E-state index in [0.29, 0.717) is 12.1 Å². The standard InChI is InChI=1S/C15H28BrN3O/c1-13(2)19-8-9-20-15(12-19)11-18-6-4-17(5-7-18)10-14(3)16/h13,15H,3-12H2,1-2H3/t15-/m0/s1. The van der Waals surface area contributed by atoms with E-state index in [4.69, 9.17) is 4.74 Å². The van der Waals surface area contributed by atoms with Crippen molar-refractivity contribution in [2.45, 2.75) is 26.0 Å². The van der Waals surface area contributed by atoms with Crippen LogP contribution in [0.3, 0.4) is 0 Å². The first kappa shape index (κ1) is 16.4. The third kappa shape index (κ3) is 5.11. The molecule has 0 spiro atoms. The highest BCUT2D eigenvalue weighted by atomic mass is 79.9. The molecule has 2 heterocycles. The molecule has 4 nitrogen and oxygen atoms in total. The van der Waals surface area contributed by atoms with Crippen molar-refractivity contribution in [2.75, 3.05) is 59.0 Å². The highest BCUT2D eigenvalue weighted by Crippen LogP contribution is 2.12. The lowest BCUT2D eigenvalue weighted by molar-refractivity contribution is -0.0560. The summed E-state index contributed by atoms with van der Waals surface area (Å²) < 4.78 is 7.01. The lowest BCUT2D eigenvalue weighted by atomic mass is 10.2. The molecule has 0 unspecified atom stereocenters. The Morgan fingerprint density at radius 2 is 1.85 bits per heavy atom. The van der Waals surface area contributed by atoms with Crippen LogP contribution in [0.5, 0.6) is 0 Å². The molecule has 0 bridgehead atoms. The van der Waals surface area contributed by atoms with Gasteiger partial charge in [0, 0.05) is 62.9 Å². The summed E-state index contributed by atoms with van der Waals surface area (Å²) in [6.45, 7) is 18.1. The molecule has 2 rings (SSSR count). The summed E-state index contributed by atoms with van der Waals surface area (Å²) in [7, 11) is 0. The second-order valence-corrected chi connectivity index (χ2v) is 7.30. The molecule has 2 aliphatic rings. The van der Waals surface area contributed by atoms with Crippen LogP contribution in [0.1, 0.15) is 13.8 Å². The third-order valence-corrected chi connectivity index (χ3v) is 4.47. The fourth-order valence-corrected chi connectivity index (χ4v) is 3.34. The maximum Gasteiger partial charge on any atom is 0.0829 e. The number of nitrogens with zero attached hydrogens (tertiary/aromatic N) is 3. The summed E-state index contributed by atoms with van der Waals surface area (Å²) in [6, 6.07) is 0.628. The van der Waals surface area contributed by atoms with Gasteiger partial charge in [-0.25, -0.2) is 0 Å². The van der Waals surface area contributed by atoms with Crippen molar-refractivity contribution < 1.29 is 4.74 Å². The van der Waals surface area contributed by atoms with Crippen LogP contribution in [0.15, 0.2) is 11.1 Å². The summed E-state index contributed by atoms with van der Waals surface area (Å²) in [5, 5.41) is 0. The maximum absolute atomic E-state index is 5.93.